The van der Waals surface area contributed by atoms with Gasteiger partial charge in [-0.3, -0.25) is 32.7 Å². The Labute approximate surface area is 284 Å². The van der Waals surface area contributed by atoms with E-state index in [0.717, 1.165) is 50.1 Å². The summed E-state index contributed by atoms with van der Waals surface area (Å²) in [7, 11) is 0. The van der Waals surface area contributed by atoms with Crippen LogP contribution in [0.25, 0.3) is 0 Å². The summed E-state index contributed by atoms with van der Waals surface area (Å²) in [4.78, 5) is 10.1. The fourth-order valence-electron chi connectivity index (χ4n) is 3.83. The Bertz CT molecular complexity index is 1050. The number of aliphatic hydroxyl groups is 5. The molecule has 0 saturated carbocycles. The maximum Gasteiger partial charge on any atom is 0.335 e. The molecule has 0 saturated heterocycles. The number of anilines is 2. The highest BCUT2D eigenvalue weighted by Crippen LogP contribution is 2.14. The van der Waals surface area contributed by atoms with Crippen LogP contribution in [0.15, 0.2) is 48.5 Å². The van der Waals surface area contributed by atoms with Crippen molar-refractivity contribution in [2.45, 2.75) is 75.3 Å². The summed E-state index contributed by atoms with van der Waals surface area (Å²) in [6.45, 7) is 0.744. The molecule has 2 aromatic rings. The third-order valence-corrected chi connectivity index (χ3v) is 6.89. The SMILES string of the molecule is NC(NCCCCCCNC(N)NC(N)Nc1ccc(Cl)cc1)NC(N)Nc1ccc(Cl)cc1.O=C(O)C(O)C(O)C(O)C(O)CO. The predicted octanol–water partition coefficient (Wildman–Crippen LogP) is -2.09. The van der Waals surface area contributed by atoms with Crippen LogP contribution in [0.2, 0.25) is 10.0 Å². The molecule has 17 nitrogen and oxygen atoms in total. The lowest BCUT2D eigenvalue weighted by Gasteiger charge is -2.23. The smallest absolute Gasteiger partial charge is 0.335 e. The molecule has 0 bridgehead atoms. The second-order valence-corrected chi connectivity index (χ2v) is 11.3. The molecule has 0 radical (unpaired) electrons. The number of halogens is 2. The zero-order valence-corrected chi connectivity index (χ0v) is 27.4. The van der Waals surface area contributed by atoms with Crippen LogP contribution in [0.5, 0.6) is 0 Å². The molecular formula is C28H50Cl2N10O7. The van der Waals surface area contributed by atoms with Crippen LogP contribution in [0.4, 0.5) is 11.4 Å². The van der Waals surface area contributed by atoms with E-state index in [1.54, 1.807) is 24.3 Å². The van der Waals surface area contributed by atoms with Gasteiger partial charge in [0.05, 0.1) is 6.61 Å². The van der Waals surface area contributed by atoms with Gasteiger partial charge in [0.1, 0.15) is 43.5 Å². The van der Waals surface area contributed by atoms with Gasteiger partial charge in [0.2, 0.25) is 0 Å². The van der Waals surface area contributed by atoms with Crippen molar-refractivity contribution in [3.8, 4) is 0 Å². The number of carboxylic acids is 1. The maximum absolute atomic E-state index is 10.1. The van der Waals surface area contributed by atoms with Gasteiger partial charge in [-0.1, -0.05) is 36.0 Å². The highest BCUT2D eigenvalue weighted by molar-refractivity contribution is 6.30. The van der Waals surface area contributed by atoms with Gasteiger partial charge in [-0.25, -0.2) is 4.79 Å². The number of aliphatic carboxylic acids is 1. The number of nitrogens with two attached hydrogens (primary N) is 4. The van der Waals surface area contributed by atoms with Crippen molar-refractivity contribution in [1.82, 2.24) is 21.3 Å². The third-order valence-electron chi connectivity index (χ3n) is 6.39. The van der Waals surface area contributed by atoms with Gasteiger partial charge < -0.3 is 52.7 Å². The molecule has 0 aliphatic rings. The van der Waals surface area contributed by atoms with Gasteiger partial charge in [0.15, 0.2) is 6.10 Å². The highest BCUT2D eigenvalue weighted by atomic mass is 35.5. The molecule has 0 aromatic heterocycles. The molecule has 0 amide bonds. The van der Waals surface area contributed by atoms with E-state index >= 15 is 0 Å². The Morgan fingerprint density at radius 2 is 1.02 bits per heavy atom. The average molecular weight is 710 g/mol. The van der Waals surface area contributed by atoms with Crippen molar-refractivity contribution >= 4 is 40.5 Å². The van der Waals surface area contributed by atoms with Gasteiger partial charge in [0, 0.05) is 21.4 Å². The zero-order valence-electron chi connectivity index (χ0n) is 25.8. The van der Waals surface area contributed by atoms with E-state index in [4.69, 9.17) is 76.8 Å². The second kappa shape index (κ2) is 23.8. The lowest BCUT2D eigenvalue weighted by molar-refractivity contribution is -0.164. The van der Waals surface area contributed by atoms with Crippen LogP contribution < -0.4 is 54.8 Å². The highest BCUT2D eigenvalue weighted by Gasteiger charge is 2.33. The second-order valence-electron chi connectivity index (χ2n) is 10.4. The number of hydrogen-bond acceptors (Lipinski definition) is 16. The van der Waals surface area contributed by atoms with Gasteiger partial charge >= 0.3 is 5.97 Å². The topological polar surface area (TPSA) is 315 Å². The van der Waals surface area contributed by atoms with Gasteiger partial charge in [-0.05, 0) is 74.5 Å². The summed E-state index contributed by atoms with van der Waals surface area (Å²) < 4.78 is 0. The fourth-order valence-corrected chi connectivity index (χ4v) is 4.08. The molecule has 0 heterocycles. The first-order chi connectivity index (χ1) is 22.2. The van der Waals surface area contributed by atoms with Crippen LogP contribution in [0, 0.1) is 0 Å². The molecule has 8 unspecified atom stereocenters. The van der Waals surface area contributed by atoms with E-state index in [1.165, 1.54) is 0 Å². The first-order valence-corrected chi connectivity index (χ1v) is 15.6. The first-order valence-electron chi connectivity index (χ1n) is 14.8. The normalized spacial score (nSPS) is 16.4. The van der Waals surface area contributed by atoms with E-state index in [-0.39, 0.29) is 0 Å². The monoisotopic (exact) mass is 708 g/mol. The van der Waals surface area contributed by atoms with E-state index in [1.807, 2.05) is 24.3 Å². The standard InChI is InChI=1S/C22H38Cl2N10.C6H12O7/c23-15-5-9-17(10-6-15)31-21(27)33-19(25)29-13-3-1-2-4-14-30-20(26)34-22(28)32-18-11-7-16(24)8-12-18;7-1-2(8)3(9)4(10)5(11)6(12)13/h5-12,19-22,29-34H,1-4,13-14,25-28H2;2-5,7-11H,1H2,(H,12,13). The van der Waals surface area contributed by atoms with Crippen LogP contribution in [-0.4, -0.2) is 106 Å². The van der Waals surface area contributed by atoms with Crippen molar-refractivity contribution < 1.29 is 35.4 Å². The molecule has 19 heteroatoms. The number of carbonyl (C=O) groups is 1. The molecular weight excluding hydrogens is 659 g/mol. The van der Waals surface area contributed by atoms with Gasteiger partial charge in [-0.2, -0.15) is 0 Å². The zero-order chi connectivity index (χ0) is 35.4. The number of rotatable bonds is 22. The van der Waals surface area contributed by atoms with E-state index in [9.17, 15) is 4.79 Å². The van der Waals surface area contributed by atoms with Crippen LogP contribution >= 0.6 is 23.2 Å². The van der Waals surface area contributed by atoms with Crippen molar-refractivity contribution in [3.05, 3.63) is 58.6 Å². The average Bonchev–Trinajstić information content (AvgIpc) is 3.03. The van der Waals surface area contributed by atoms with Crippen molar-refractivity contribution in [1.29, 1.82) is 0 Å². The van der Waals surface area contributed by atoms with Crippen LogP contribution in [0.3, 0.4) is 0 Å². The number of unbranched alkanes of at least 4 members (excludes halogenated alkanes) is 3. The summed E-state index contributed by atoms with van der Waals surface area (Å²) in [6.07, 6.45) is -5.45. The molecule has 8 atom stereocenters. The Balaban J connectivity index is 0.000000716. The molecule has 2 rings (SSSR count). The number of nitrogens with one attached hydrogen (secondary N) is 6. The minimum Gasteiger partial charge on any atom is -0.479 e. The Morgan fingerprint density at radius 3 is 1.36 bits per heavy atom. The summed E-state index contributed by atoms with van der Waals surface area (Å²) in [5.74, 6) is -1.73. The molecule has 0 spiro atoms. The Kier molecular flexibility index (Phi) is 21.6. The largest absolute Gasteiger partial charge is 0.479 e. The lowest BCUT2D eigenvalue weighted by atomic mass is 10.0. The molecule has 20 N–H and O–H groups in total. The van der Waals surface area contributed by atoms with Crippen LogP contribution in [0.1, 0.15) is 25.7 Å². The van der Waals surface area contributed by atoms with Crippen molar-refractivity contribution in [3.63, 3.8) is 0 Å². The first kappa shape index (κ1) is 42.6. The molecule has 2 aromatic carbocycles. The van der Waals surface area contributed by atoms with E-state index in [2.05, 4.69) is 31.9 Å². The minimum absolute atomic E-state index is 0.411. The summed E-state index contributed by atoms with van der Waals surface area (Å²) in [5, 5.41) is 71.9. The number of aliphatic hydroxyl groups excluding tert-OH is 5. The van der Waals surface area contributed by atoms with Crippen LogP contribution in [-0.2, 0) is 4.79 Å². The lowest BCUT2D eigenvalue weighted by Crippen LogP contribution is -2.58. The number of hydrogen-bond donors (Lipinski definition) is 16. The molecule has 47 heavy (non-hydrogen) atoms. The Hall–Kier alpha value is -2.43. The van der Waals surface area contributed by atoms with Crippen molar-refractivity contribution in [2.75, 3.05) is 30.3 Å². The van der Waals surface area contributed by atoms with Gasteiger partial charge in [-0.15, -0.1) is 0 Å². The molecule has 0 aliphatic heterocycles. The molecule has 0 aliphatic carbocycles. The minimum atomic E-state index is -2.20. The molecule has 268 valence electrons. The van der Waals surface area contributed by atoms with E-state index < -0.39 is 62.2 Å². The summed E-state index contributed by atoms with van der Waals surface area (Å²) >= 11 is 11.8. The summed E-state index contributed by atoms with van der Waals surface area (Å²) in [5.41, 5.74) is 25.8. The van der Waals surface area contributed by atoms with Crippen molar-refractivity contribution in [2.24, 2.45) is 22.9 Å². The Morgan fingerprint density at radius 1 is 0.638 bits per heavy atom. The molecule has 0 fully saturated rings. The quantitative estimate of drug-likeness (QED) is 0.0460. The maximum atomic E-state index is 10.1. The number of benzene rings is 2. The fraction of sp³-hybridized carbons (Fsp3) is 0.536. The van der Waals surface area contributed by atoms with E-state index in [0.29, 0.717) is 10.0 Å². The summed E-state index contributed by atoms with van der Waals surface area (Å²) in [6, 6.07) is 14.6. The third kappa shape index (κ3) is 19.2. The number of carboxylic acid groups (broad SMARTS) is 1. The predicted molar refractivity (Wildman–Crippen MR) is 182 cm³/mol. The van der Waals surface area contributed by atoms with Gasteiger partial charge in [0.25, 0.3) is 0 Å².